The molecule has 8 heavy (non-hydrogen) atoms. The molecule has 0 heterocycles. The molecule has 6 heteroatoms. The summed E-state index contributed by atoms with van der Waals surface area (Å²) >= 11 is 4.48. The number of halogens is 1. The third-order valence-corrected chi connectivity index (χ3v) is 0.354. The first-order valence-corrected chi connectivity index (χ1v) is 1.80. The molecular weight excluding hydrogens is 213 g/mol. The van der Waals surface area contributed by atoms with Crippen LogP contribution in [0.1, 0.15) is 0 Å². The minimum Gasteiger partial charge on any atom is -0.321 e. The second-order valence-electron chi connectivity index (χ2n) is 0.722. The summed E-state index contributed by atoms with van der Waals surface area (Å²) < 4.78 is 3.44. The molecule has 0 atom stereocenters. The third-order valence-electron chi connectivity index (χ3n) is 0.291. The van der Waals surface area contributed by atoms with E-state index in [9.17, 15) is 4.79 Å². The van der Waals surface area contributed by atoms with E-state index in [1.807, 2.05) is 0 Å². The van der Waals surface area contributed by atoms with E-state index in [-0.39, 0.29) is 32.7 Å². The van der Waals surface area contributed by atoms with Crippen molar-refractivity contribution < 1.29 is 40.3 Å². The van der Waals surface area contributed by atoms with Crippen LogP contribution in [0, 0.1) is 0 Å². The van der Waals surface area contributed by atoms with Gasteiger partial charge in [-0.1, -0.05) is 4.44 Å². The average molecular weight is 217 g/mol. The zero-order valence-electron chi connectivity index (χ0n) is 3.89. The van der Waals surface area contributed by atoms with Gasteiger partial charge < -0.3 is 5.73 Å². The Labute approximate surface area is 70.5 Å². The van der Waals surface area contributed by atoms with Gasteiger partial charge in [0.2, 0.25) is 0 Å². The van der Waals surface area contributed by atoms with Gasteiger partial charge in [-0.3, -0.25) is 4.89 Å². The van der Waals surface area contributed by atoms with E-state index in [0.29, 0.717) is 0 Å². The maximum atomic E-state index is 9.86. The van der Waals surface area contributed by atoms with Crippen LogP contribution in [0.4, 0.5) is 0 Å². The van der Waals surface area contributed by atoms with Crippen LogP contribution in [0.3, 0.4) is 0 Å². The summed E-state index contributed by atoms with van der Waals surface area (Å²) in [5.41, 5.74) is 4.74. The molecule has 46 valence electrons. The smallest absolute Gasteiger partial charge is 0.321 e. The fourth-order valence-corrected chi connectivity index (χ4v) is 0.139. The molecule has 2 N–H and O–H groups in total. The van der Waals surface area contributed by atoms with E-state index < -0.39 is 5.97 Å². The second kappa shape index (κ2) is 7.56. The minimum absolute atomic E-state index is 0. The van der Waals surface area contributed by atoms with Crippen molar-refractivity contribution in [3.63, 3.8) is 0 Å². The summed E-state index contributed by atoms with van der Waals surface area (Å²) in [4.78, 5) is 13.5. The molecular formula is C2H4ClNO3Zr. The van der Waals surface area contributed by atoms with Gasteiger partial charge in [0.05, 0.1) is 6.54 Å². The zero-order chi connectivity index (χ0) is 5.70. The number of carbonyl (C=O) groups excluding carboxylic acids is 1. The normalized spacial score (nSPS) is 7.25. The molecule has 0 aliphatic heterocycles. The van der Waals surface area contributed by atoms with E-state index in [1.54, 1.807) is 0 Å². The monoisotopic (exact) mass is 215 g/mol. The predicted molar refractivity (Wildman–Crippen MR) is 22.1 cm³/mol. The number of nitrogens with two attached hydrogens (primary N) is 1. The summed E-state index contributed by atoms with van der Waals surface area (Å²) in [5, 5.41) is 0. The molecule has 0 unspecified atom stereocenters. The standard InChI is InChI=1S/C2H4ClNO3.Zr/c3-7-6-2(5)1-4;/h1,4H2;. The average Bonchev–Trinajstić information content (AvgIpc) is 1.68. The van der Waals surface area contributed by atoms with Gasteiger partial charge in [-0.05, 0) is 0 Å². The number of hydrogen-bond acceptors (Lipinski definition) is 4. The van der Waals surface area contributed by atoms with Gasteiger partial charge in [-0.15, -0.1) is 0 Å². The van der Waals surface area contributed by atoms with Crippen molar-refractivity contribution in [1.82, 2.24) is 0 Å². The largest absolute Gasteiger partial charge is 0.357 e. The summed E-state index contributed by atoms with van der Waals surface area (Å²) in [5.74, 6) is -0.699. The maximum absolute atomic E-state index is 9.86. The van der Waals surface area contributed by atoms with Crippen LogP contribution in [0.25, 0.3) is 0 Å². The van der Waals surface area contributed by atoms with Gasteiger partial charge >= 0.3 is 5.97 Å². The first-order valence-electron chi connectivity index (χ1n) is 1.49. The Kier molecular flexibility index (Phi) is 10.8. The second-order valence-corrected chi connectivity index (χ2v) is 0.848. The summed E-state index contributed by atoms with van der Waals surface area (Å²) in [7, 11) is 0. The Balaban J connectivity index is 0. The van der Waals surface area contributed by atoms with Gasteiger partial charge in [0, 0.05) is 26.2 Å². The topological polar surface area (TPSA) is 61.6 Å². The Morgan fingerprint density at radius 2 is 2.25 bits per heavy atom. The van der Waals surface area contributed by atoms with Crippen molar-refractivity contribution in [2.45, 2.75) is 0 Å². The molecule has 0 spiro atoms. The van der Waals surface area contributed by atoms with Crippen LogP contribution in [0.15, 0.2) is 0 Å². The number of carbonyl (C=O) groups is 1. The van der Waals surface area contributed by atoms with E-state index in [0.717, 1.165) is 0 Å². The molecule has 0 saturated heterocycles. The van der Waals surface area contributed by atoms with Crippen LogP contribution in [-0.4, -0.2) is 12.5 Å². The molecule has 0 fully saturated rings. The first kappa shape index (κ1) is 11.4. The molecule has 0 aliphatic rings. The van der Waals surface area contributed by atoms with Crippen LogP contribution < -0.4 is 5.73 Å². The summed E-state index contributed by atoms with van der Waals surface area (Å²) in [6, 6.07) is 0. The van der Waals surface area contributed by atoms with Gasteiger partial charge in [-0.2, -0.15) is 0 Å². The summed E-state index contributed by atoms with van der Waals surface area (Å²) in [6.45, 7) is -0.229. The van der Waals surface area contributed by atoms with Crippen molar-refractivity contribution >= 4 is 17.8 Å². The molecule has 0 aromatic carbocycles. The predicted octanol–water partition coefficient (Wildman–Crippen LogP) is -0.429. The van der Waals surface area contributed by atoms with E-state index >= 15 is 0 Å². The molecule has 4 nitrogen and oxygen atoms in total. The molecule has 0 aromatic rings. The number of hydrogen-bond donors (Lipinski definition) is 1. The van der Waals surface area contributed by atoms with Crippen molar-refractivity contribution in [2.24, 2.45) is 5.73 Å². The number of rotatable bonds is 2. The van der Waals surface area contributed by atoms with Crippen molar-refractivity contribution in [3.05, 3.63) is 0 Å². The fourth-order valence-electron chi connectivity index (χ4n) is 0.0692. The van der Waals surface area contributed by atoms with Crippen LogP contribution in [-0.2, 0) is 40.3 Å². The van der Waals surface area contributed by atoms with E-state index in [2.05, 4.69) is 21.2 Å². The minimum atomic E-state index is -0.699. The first-order chi connectivity index (χ1) is 3.31. The zero-order valence-corrected chi connectivity index (χ0v) is 7.10. The Morgan fingerprint density at radius 1 is 1.75 bits per heavy atom. The molecule has 0 aromatic heterocycles. The maximum Gasteiger partial charge on any atom is 0.357 e. The Hall–Kier alpha value is 0.563. The van der Waals surface area contributed by atoms with Crippen molar-refractivity contribution in [2.75, 3.05) is 6.54 Å². The third kappa shape index (κ3) is 6.56. The molecule has 0 rings (SSSR count). The van der Waals surface area contributed by atoms with Gasteiger partial charge in [0.15, 0.2) is 0 Å². The van der Waals surface area contributed by atoms with Crippen molar-refractivity contribution in [1.29, 1.82) is 0 Å². The van der Waals surface area contributed by atoms with Gasteiger partial charge in [-0.25, -0.2) is 4.79 Å². The van der Waals surface area contributed by atoms with Crippen LogP contribution in [0.2, 0.25) is 0 Å². The summed E-state index contributed by atoms with van der Waals surface area (Å²) in [6.07, 6.45) is 0. The molecule has 0 amide bonds. The Morgan fingerprint density at radius 3 is 2.38 bits per heavy atom. The molecule has 0 saturated carbocycles. The fraction of sp³-hybridized carbons (Fsp3) is 0.500. The molecule has 0 radical (unpaired) electrons. The van der Waals surface area contributed by atoms with Gasteiger partial charge in [0.1, 0.15) is 11.9 Å². The van der Waals surface area contributed by atoms with Crippen LogP contribution >= 0.6 is 11.9 Å². The van der Waals surface area contributed by atoms with Crippen LogP contribution in [0.5, 0.6) is 0 Å². The van der Waals surface area contributed by atoms with E-state index in [4.69, 9.17) is 5.73 Å². The molecule has 0 bridgehead atoms. The van der Waals surface area contributed by atoms with Gasteiger partial charge in [0.25, 0.3) is 0 Å². The Bertz CT molecular complexity index is 70.3. The SMILES string of the molecule is NCC(=O)OOCl.[Zr]. The van der Waals surface area contributed by atoms with E-state index in [1.165, 1.54) is 0 Å². The quantitative estimate of drug-likeness (QED) is 0.503. The van der Waals surface area contributed by atoms with Crippen molar-refractivity contribution in [3.8, 4) is 0 Å². The molecule has 0 aliphatic carbocycles.